The Morgan fingerprint density at radius 1 is 0.833 bits per heavy atom. The number of hydrogen-bond acceptors (Lipinski definition) is 1. The molecule has 94 valence electrons. The van der Waals surface area contributed by atoms with Crippen LogP contribution >= 0.6 is 11.3 Å². The van der Waals surface area contributed by atoms with Crippen molar-refractivity contribution in [1.29, 1.82) is 0 Å². The van der Waals surface area contributed by atoms with Crippen molar-refractivity contribution in [2.24, 2.45) is 0 Å². The molecule has 1 aromatic heterocycles. The quantitative estimate of drug-likeness (QED) is 0.575. The minimum absolute atomic E-state index is 1.07. The number of hydrogen-bond donors (Lipinski definition) is 0. The van der Waals surface area contributed by atoms with Gasteiger partial charge in [-0.15, -0.1) is 11.3 Å². The monoisotopic (exact) mass is 256 g/mol. The van der Waals surface area contributed by atoms with Crippen LogP contribution in [0.5, 0.6) is 0 Å². The molecule has 0 saturated heterocycles. The van der Waals surface area contributed by atoms with E-state index in [0.29, 0.717) is 0 Å². The van der Waals surface area contributed by atoms with E-state index >= 15 is 0 Å². The average molecular weight is 256 g/mol. The Balaban J connectivity index is 0.000000771. The molecule has 0 fully saturated rings. The first kappa shape index (κ1) is 14.5. The smallest absolute Gasteiger partial charge is 0.0806 e. The van der Waals surface area contributed by atoms with Gasteiger partial charge in [0, 0.05) is 10.4 Å². The van der Waals surface area contributed by atoms with Gasteiger partial charge in [0.1, 0.15) is 0 Å². The summed E-state index contributed by atoms with van der Waals surface area (Å²) in [7, 11) is 0. The van der Waals surface area contributed by atoms with Gasteiger partial charge < -0.3 is 0 Å². The normalized spacial score (nSPS) is 8.94. The average Bonchev–Trinajstić information content (AvgIpc) is 2.67. The van der Waals surface area contributed by atoms with Crippen molar-refractivity contribution in [3.05, 3.63) is 56.8 Å². The van der Waals surface area contributed by atoms with Crippen molar-refractivity contribution >= 4 is 11.3 Å². The third kappa shape index (κ3) is 3.48. The number of thiophene rings is 1. The van der Waals surface area contributed by atoms with Crippen LogP contribution in [0.4, 0.5) is 0 Å². The molecule has 0 aliphatic carbocycles. The molecule has 0 atom stereocenters. The lowest BCUT2D eigenvalue weighted by molar-refractivity contribution is 1.34. The molecule has 0 amide bonds. The molecule has 0 aliphatic heterocycles. The van der Waals surface area contributed by atoms with Gasteiger partial charge >= 0.3 is 0 Å². The van der Waals surface area contributed by atoms with Crippen LogP contribution in [-0.4, -0.2) is 0 Å². The molecule has 18 heavy (non-hydrogen) atoms. The van der Waals surface area contributed by atoms with Gasteiger partial charge in [-0.3, -0.25) is 0 Å². The second kappa shape index (κ2) is 7.03. The fourth-order valence-corrected chi connectivity index (χ4v) is 2.53. The van der Waals surface area contributed by atoms with Crippen LogP contribution in [0.2, 0.25) is 0 Å². The third-order valence-corrected chi connectivity index (χ3v) is 4.01. The summed E-state index contributed by atoms with van der Waals surface area (Å²) >= 11 is 1.79. The van der Waals surface area contributed by atoms with E-state index in [-0.39, 0.29) is 0 Å². The van der Waals surface area contributed by atoms with Crippen molar-refractivity contribution in [2.45, 2.75) is 34.6 Å². The van der Waals surface area contributed by atoms with Crippen LogP contribution in [-0.2, 0) is 0 Å². The highest BCUT2D eigenvalue weighted by molar-refractivity contribution is 7.12. The lowest BCUT2D eigenvalue weighted by Crippen LogP contribution is -1.77. The van der Waals surface area contributed by atoms with Crippen molar-refractivity contribution in [1.82, 2.24) is 0 Å². The molecule has 0 unspecified atom stereocenters. The first-order chi connectivity index (χ1) is 8.68. The number of rotatable bonds is 0. The zero-order valence-corrected chi connectivity index (χ0v) is 12.6. The lowest BCUT2D eigenvalue weighted by Gasteiger charge is -1.90. The zero-order valence-electron chi connectivity index (χ0n) is 11.8. The predicted molar refractivity (Wildman–Crippen MR) is 82.3 cm³/mol. The molecule has 2 rings (SSSR count). The maximum absolute atomic E-state index is 3.26. The second-order valence-electron chi connectivity index (χ2n) is 3.85. The highest BCUT2D eigenvalue weighted by Gasteiger charge is 2.05. The summed E-state index contributed by atoms with van der Waals surface area (Å²) in [4.78, 5) is 2.56. The fourth-order valence-electron chi connectivity index (χ4n) is 1.51. The SMILES string of the molecule is CC.Cc1sc(C#Cc2ccccc2)c(C)c1C. The zero-order chi connectivity index (χ0) is 13.5. The van der Waals surface area contributed by atoms with E-state index in [1.807, 2.05) is 44.2 Å². The van der Waals surface area contributed by atoms with E-state index in [4.69, 9.17) is 0 Å². The van der Waals surface area contributed by atoms with Crippen molar-refractivity contribution in [2.75, 3.05) is 0 Å². The molecule has 0 saturated carbocycles. The third-order valence-electron chi connectivity index (χ3n) is 2.78. The van der Waals surface area contributed by atoms with Crippen LogP contribution in [0, 0.1) is 32.6 Å². The van der Waals surface area contributed by atoms with Crippen molar-refractivity contribution in [3.63, 3.8) is 0 Å². The molecule has 1 heterocycles. The molecular weight excluding hydrogens is 236 g/mol. The van der Waals surface area contributed by atoms with Gasteiger partial charge in [-0.25, -0.2) is 0 Å². The molecule has 1 aromatic carbocycles. The Kier molecular flexibility index (Phi) is 5.68. The van der Waals surface area contributed by atoms with Gasteiger partial charge in [0.15, 0.2) is 0 Å². The summed E-state index contributed by atoms with van der Waals surface area (Å²) in [5.41, 5.74) is 3.78. The molecule has 0 N–H and O–H groups in total. The van der Waals surface area contributed by atoms with E-state index in [1.165, 1.54) is 20.9 Å². The minimum atomic E-state index is 1.07. The molecule has 0 spiro atoms. The first-order valence-corrected chi connectivity index (χ1v) is 7.14. The van der Waals surface area contributed by atoms with Gasteiger partial charge in [-0.05, 0) is 44.0 Å². The van der Waals surface area contributed by atoms with E-state index in [2.05, 4.69) is 32.6 Å². The fraction of sp³-hybridized carbons (Fsp3) is 0.294. The topological polar surface area (TPSA) is 0 Å². The number of aryl methyl sites for hydroxylation is 1. The summed E-state index contributed by atoms with van der Waals surface area (Å²) in [5.74, 6) is 6.46. The lowest BCUT2D eigenvalue weighted by atomic mass is 10.1. The van der Waals surface area contributed by atoms with Crippen LogP contribution in [0.3, 0.4) is 0 Å². The van der Waals surface area contributed by atoms with Crippen molar-refractivity contribution < 1.29 is 0 Å². The maximum Gasteiger partial charge on any atom is 0.0806 e. The van der Waals surface area contributed by atoms with Gasteiger partial charge in [0.25, 0.3) is 0 Å². The number of benzene rings is 1. The Hall–Kier alpha value is -1.52. The van der Waals surface area contributed by atoms with Crippen LogP contribution in [0.25, 0.3) is 0 Å². The van der Waals surface area contributed by atoms with Crippen molar-refractivity contribution in [3.8, 4) is 11.8 Å². The molecule has 0 nitrogen and oxygen atoms in total. The molecular formula is C17H20S. The summed E-state index contributed by atoms with van der Waals surface area (Å²) < 4.78 is 0. The molecule has 1 heteroatoms. The maximum atomic E-state index is 3.26. The second-order valence-corrected chi connectivity index (χ2v) is 5.08. The Morgan fingerprint density at radius 2 is 1.44 bits per heavy atom. The Bertz CT molecular complexity index is 551. The van der Waals surface area contributed by atoms with Gasteiger partial charge in [0.2, 0.25) is 0 Å². The largest absolute Gasteiger partial charge is 0.131 e. The Labute approximate surface area is 115 Å². The van der Waals surface area contributed by atoms with Gasteiger partial charge in [-0.2, -0.15) is 0 Å². The molecule has 0 bridgehead atoms. The minimum Gasteiger partial charge on any atom is -0.131 e. The standard InChI is InChI=1S/C15H14S.C2H6/c1-11-12(2)15(16-13(11)3)10-9-14-7-5-4-6-8-14;1-2/h4-8H,1-3H3;1-2H3. The highest BCUT2D eigenvalue weighted by atomic mass is 32.1. The van der Waals surface area contributed by atoms with Gasteiger partial charge in [0.05, 0.1) is 4.88 Å². The van der Waals surface area contributed by atoms with Crippen LogP contribution in [0.15, 0.2) is 30.3 Å². The molecule has 2 aromatic rings. The van der Waals surface area contributed by atoms with E-state index < -0.39 is 0 Å². The van der Waals surface area contributed by atoms with E-state index in [0.717, 1.165) is 5.56 Å². The van der Waals surface area contributed by atoms with E-state index in [9.17, 15) is 0 Å². The summed E-state index contributed by atoms with van der Waals surface area (Å²) in [6.45, 7) is 10.5. The highest BCUT2D eigenvalue weighted by Crippen LogP contribution is 2.25. The predicted octanol–water partition coefficient (Wildman–Crippen LogP) is 5.10. The molecule has 0 radical (unpaired) electrons. The summed E-state index contributed by atoms with van der Waals surface area (Å²) in [6.07, 6.45) is 0. The summed E-state index contributed by atoms with van der Waals surface area (Å²) in [6, 6.07) is 10.1. The Morgan fingerprint density at radius 3 is 1.94 bits per heavy atom. The van der Waals surface area contributed by atoms with E-state index in [1.54, 1.807) is 11.3 Å². The summed E-state index contributed by atoms with van der Waals surface area (Å²) in [5, 5.41) is 0. The molecule has 0 aliphatic rings. The first-order valence-electron chi connectivity index (χ1n) is 6.32. The van der Waals surface area contributed by atoms with Gasteiger partial charge in [-0.1, -0.05) is 43.9 Å². The van der Waals surface area contributed by atoms with Crippen LogP contribution < -0.4 is 0 Å². The van der Waals surface area contributed by atoms with Crippen LogP contribution in [0.1, 0.15) is 40.3 Å².